The van der Waals surface area contributed by atoms with Crippen molar-refractivity contribution in [2.24, 2.45) is 0 Å². The maximum atomic E-state index is 12.6. The van der Waals surface area contributed by atoms with Gasteiger partial charge in [0.25, 0.3) is 5.91 Å². The van der Waals surface area contributed by atoms with Gasteiger partial charge in [0.1, 0.15) is 0 Å². The second-order valence-electron chi connectivity index (χ2n) is 6.50. The lowest BCUT2D eigenvalue weighted by Gasteiger charge is -2.21. The molecule has 1 amide bonds. The number of amides is 1. The molecule has 2 N–H and O–H groups in total. The molecule has 6 heteroatoms. The fourth-order valence-electron chi connectivity index (χ4n) is 2.99. The Kier molecular flexibility index (Phi) is 4.62. The summed E-state index contributed by atoms with van der Waals surface area (Å²) in [6.07, 6.45) is -0.395. The fourth-order valence-corrected chi connectivity index (χ4v) is 3.64. The minimum Gasteiger partial charge on any atom is -0.375 e. The third-order valence-electron chi connectivity index (χ3n) is 4.41. The number of rotatable bonds is 4. The zero-order valence-corrected chi connectivity index (χ0v) is 15.3. The van der Waals surface area contributed by atoms with Crippen molar-refractivity contribution >= 4 is 40.6 Å². The zero-order chi connectivity index (χ0) is 18.4. The van der Waals surface area contributed by atoms with Crippen LogP contribution in [0.4, 0.5) is 5.69 Å². The molecule has 0 saturated heterocycles. The van der Waals surface area contributed by atoms with Gasteiger partial charge in [-0.1, -0.05) is 61.3 Å². The average Bonchev–Trinajstić information content (AvgIpc) is 2.77. The lowest BCUT2D eigenvalue weighted by molar-refractivity contribution is -0.133. The van der Waals surface area contributed by atoms with Crippen molar-refractivity contribution in [2.45, 2.75) is 31.8 Å². The number of carbonyl (C=O) groups excluding carboxylic acids is 2. The van der Waals surface area contributed by atoms with Gasteiger partial charge in [0.15, 0.2) is 11.4 Å². The first-order valence-electron chi connectivity index (χ1n) is 7.89. The van der Waals surface area contributed by atoms with Crippen molar-refractivity contribution in [2.75, 3.05) is 5.32 Å². The van der Waals surface area contributed by atoms with Gasteiger partial charge in [0.2, 0.25) is 0 Å². The molecule has 130 valence electrons. The van der Waals surface area contributed by atoms with Crippen molar-refractivity contribution in [3.63, 3.8) is 0 Å². The Morgan fingerprint density at radius 2 is 1.84 bits per heavy atom. The van der Waals surface area contributed by atoms with E-state index in [1.165, 1.54) is 12.1 Å². The van der Waals surface area contributed by atoms with Crippen LogP contribution in [-0.4, -0.2) is 16.8 Å². The first-order chi connectivity index (χ1) is 11.7. The standard InChI is InChI=1S/C19H17Cl2NO3/c1-10(2)11-3-5-12(6-4-11)16(23)9-19(25)17-14(21)7-13(20)8-15(17)22-18(19)24/h3-8,10,25H,9H2,1-2H3,(H,22,24). The number of ketones is 1. The summed E-state index contributed by atoms with van der Waals surface area (Å²) in [6, 6.07) is 10.1. The van der Waals surface area contributed by atoms with Crippen molar-refractivity contribution in [3.05, 3.63) is 63.1 Å². The van der Waals surface area contributed by atoms with E-state index in [4.69, 9.17) is 23.2 Å². The minimum absolute atomic E-state index is 0.145. The predicted octanol–water partition coefficient (Wildman–Crippen LogP) is 4.53. The molecule has 1 aliphatic rings. The maximum absolute atomic E-state index is 12.6. The Morgan fingerprint density at radius 3 is 2.44 bits per heavy atom. The van der Waals surface area contributed by atoms with Crippen LogP contribution >= 0.6 is 23.2 Å². The van der Waals surface area contributed by atoms with Crippen LogP contribution in [0, 0.1) is 0 Å². The summed E-state index contributed by atoms with van der Waals surface area (Å²) in [4.78, 5) is 24.9. The van der Waals surface area contributed by atoms with E-state index in [-0.39, 0.29) is 16.4 Å². The highest BCUT2D eigenvalue weighted by Gasteiger charge is 2.48. The quantitative estimate of drug-likeness (QED) is 0.769. The summed E-state index contributed by atoms with van der Waals surface area (Å²) in [5.41, 5.74) is 0.0508. The van der Waals surface area contributed by atoms with Crippen LogP contribution in [0.1, 0.15) is 47.7 Å². The molecule has 1 atom stereocenters. The number of benzene rings is 2. The molecule has 0 aromatic heterocycles. The van der Waals surface area contributed by atoms with Crippen molar-refractivity contribution in [3.8, 4) is 0 Å². The molecule has 0 fully saturated rings. The van der Waals surface area contributed by atoms with E-state index >= 15 is 0 Å². The first kappa shape index (κ1) is 17.9. The largest absolute Gasteiger partial charge is 0.375 e. The maximum Gasteiger partial charge on any atom is 0.261 e. The molecule has 1 unspecified atom stereocenters. The van der Waals surface area contributed by atoms with E-state index < -0.39 is 17.9 Å². The van der Waals surface area contributed by atoms with Crippen LogP contribution in [0.2, 0.25) is 10.0 Å². The van der Waals surface area contributed by atoms with Crippen LogP contribution in [0.25, 0.3) is 0 Å². The lowest BCUT2D eigenvalue weighted by Crippen LogP contribution is -2.36. The molecular weight excluding hydrogens is 361 g/mol. The van der Waals surface area contributed by atoms with E-state index in [1.807, 2.05) is 12.1 Å². The number of carbonyl (C=O) groups is 2. The first-order valence-corrected chi connectivity index (χ1v) is 8.64. The van der Waals surface area contributed by atoms with E-state index in [2.05, 4.69) is 19.2 Å². The van der Waals surface area contributed by atoms with Crippen molar-refractivity contribution in [1.82, 2.24) is 0 Å². The fraction of sp³-hybridized carbons (Fsp3) is 0.263. The van der Waals surface area contributed by atoms with Crippen LogP contribution in [0.3, 0.4) is 0 Å². The Morgan fingerprint density at radius 1 is 1.20 bits per heavy atom. The molecule has 25 heavy (non-hydrogen) atoms. The minimum atomic E-state index is -2.01. The third-order valence-corrected chi connectivity index (χ3v) is 4.92. The molecule has 3 rings (SSSR count). The molecule has 0 saturated carbocycles. The number of Topliss-reactive ketones (excluding diaryl/α,β-unsaturated/α-hetero) is 1. The van der Waals surface area contributed by atoms with Gasteiger partial charge < -0.3 is 10.4 Å². The van der Waals surface area contributed by atoms with E-state index in [0.29, 0.717) is 22.2 Å². The number of hydrogen-bond acceptors (Lipinski definition) is 3. The van der Waals surface area contributed by atoms with Crippen LogP contribution in [0.15, 0.2) is 36.4 Å². The number of hydrogen-bond donors (Lipinski definition) is 2. The Bertz CT molecular complexity index is 862. The molecule has 4 nitrogen and oxygen atoms in total. The molecule has 1 heterocycles. The predicted molar refractivity (Wildman–Crippen MR) is 98.5 cm³/mol. The summed E-state index contributed by atoms with van der Waals surface area (Å²) in [5.74, 6) is -0.671. The number of fused-ring (bicyclic) bond motifs is 1. The molecule has 2 aromatic carbocycles. The van der Waals surface area contributed by atoms with E-state index in [0.717, 1.165) is 5.56 Å². The average molecular weight is 378 g/mol. The van der Waals surface area contributed by atoms with Crippen LogP contribution in [-0.2, 0) is 10.4 Å². The molecule has 2 aromatic rings. The second-order valence-corrected chi connectivity index (χ2v) is 7.34. The van der Waals surface area contributed by atoms with Gasteiger partial charge in [0.05, 0.1) is 17.1 Å². The highest BCUT2D eigenvalue weighted by molar-refractivity contribution is 6.36. The molecule has 0 bridgehead atoms. The number of halogens is 2. The van der Waals surface area contributed by atoms with Gasteiger partial charge >= 0.3 is 0 Å². The van der Waals surface area contributed by atoms with E-state index in [9.17, 15) is 14.7 Å². The van der Waals surface area contributed by atoms with Crippen LogP contribution < -0.4 is 5.32 Å². The summed E-state index contributed by atoms with van der Waals surface area (Å²) in [7, 11) is 0. The normalized spacial score (nSPS) is 19.0. The number of anilines is 1. The van der Waals surface area contributed by atoms with Crippen molar-refractivity contribution < 1.29 is 14.7 Å². The topological polar surface area (TPSA) is 66.4 Å². The molecular formula is C19H17Cl2NO3. The highest BCUT2D eigenvalue weighted by Crippen LogP contribution is 2.44. The smallest absolute Gasteiger partial charge is 0.261 e. The Balaban J connectivity index is 1.92. The summed E-state index contributed by atoms with van der Waals surface area (Å²) < 4.78 is 0. The second kappa shape index (κ2) is 6.45. The molecule has 0 spiro atoms. The van der Waals surface area contributed by atoms with Crippen molar-refractivity contribution in [1.29, 1.82) is 0 Å². The zero-order valence-electron chi connectivity index (χ0n) is 13.8. The highest BCUT2D eigenvalue weighted by atomic mass is 35.5. The van der Waals surface area contributed by atoms with Gasteiger partial charge in [-0.3, -0.25) is 9.59 Å². The molecule has 0 aliphatic carbocycles. The summed E-state index contributed by atoms with van der Waals surface area (Å²) in [6.45, 7) is 4.12. The van der Waals surface area contributed by atoms with E-state index in [1.54, 1.807) is 12.1 Å². The number of nitrogens with one attached hydrogen (secondary N) is 1. The SMILES string of the molecule is CC(C)c1ccc(C(=O)CC2(O)C(=O)Nc3cc(Cl)cc(Cl)c32)cc1. The molecule has 0 radical (unpaired) electrons. The van der Waals surface area contributed by atoms with Gasteiger partial charge in [-0.25, -0.2) is 0 Å². The monoisotopic (exact) mass is 377 g/mol. The Labute approximate surface area is 155 Å². The van der Waals surface area contributed by atoms with Gasteiger partial charge in [-0.2, -0.15) is 0 Å². The summed E-state index contributed by atoms with van der Waals surface area (Å²) in [5, 5.41) is 13.9. The lowest BCUT2D eigenvalue weighted by atomic mass is 9.87. The summed E-state index contributed by atoms with van der Waals surface area (Å²) >= 11 is 12.1. The number of aliphatic hydroxyl groups is 1. The third kappa shape index (κ3) is 3.17. The Hall–Kier alpha value is -1.88. The van der Waals surface area contributed by atoms with Gasteiger partial charge in [-0.15, -0.1) is 0 Å². The molecule has 1 aliphatic heterocycles. The van der Waals surface area contributed by atoms with Gasteiger partial charge in [-0.05, 0) is 23.6 Å². The van der Waals surface area contributed by atoms with Gasteiger partial charge in [0, 0.05) is 16.1 Å². The van der Waals surface area contributed by atoms with Crippen LogP contribution in [0.5, 0.6) is 0 Å².